The van der Waals surface area contributed by atoms with Crippen molar-refractivity contribution in [1.29, 1.82) is 0 Å². The molecule has 1 aromatic carbocycles. The van der Waals surface area contributed by atoms with Gasteiger partial charge in [0.05, 0.1) is 11.1 Å². The molecule has 0 atom stereocenters. The fourth-order valence-corrected chi connectivity index (χ4v) is 1.91. The van der Waals surface area contributed by atoms with Crippen LogP contribution in [0.5, 0.6) is 0 Å². The SMILES string of the molecule is OCCC(F)(F)c1cc2ccccc2nc1Cl. The van der Waals surface area contributed by atoms with Gasteiger partial charge in [0.1, 0.15) is 5.15 Å². The highest BCUT2D eigenvalue weighted by Gasteiger charge is 2.34. The summed E-state index contributed by atoms with van der Waals surface area (Å²) in [6, 6.07) is 8.22. The molecule has 5 heteroatoms. The van der Waals surface area contributed by atoms with Gasteiger partial charge in [0.15, 0.2) is 0 Å². The largest absolute Gasteiger partial charge is 0.396 e. The molecule has 0 fully saturated rings. The highest BCUT2D eigenvalue weighted by Crippen LogP contribution is 2.36. The van der Waals surface area contributed by atoms with Crippen LogP contribution in [0.4, 0.5) is 8.78 Å². The number of nitrogens with zero attached hydrogens (tertiary/aromatic N) is 1. The van der Waals surface area contributed by atoms with Crippen molar-refractivity contribution in [3.05, 3.63) is 41.0 Å². The zero-order valence-electron chi connectivity index (χ0n) is 8.83. The average Bonchev–Trinajstić information content (AvgIpc) is 2.27. The number of pyridine rings is 1. The van der Waals surface area contributed by atoms with E-state index in [1.54, 1.807) is 24.3 Å². The minimum atomic E-state index is -3.16. The van der Waals surface area contributed by atoms with E-state index < -0.39 is 19.0 Å². The van der Waals surface area contributed by atoms with Crippen LogP contribution in [-0.2, 0) is 5.92 Å². The summed E-state index contributed by atoms with van der Waals surface area (Å²) in [6.45, 7) is -0.601. The van der Waals surface area contributed by atoms with E-state index in [-0.39, 0.29) is 10.7 Å². The molecule has 1 aromatic heterocycles. The molecule has 2 aromatic rings. The minimum Gasteiger partial charge on any atom is -0.396 e. The van der Waals surface area contributed by atoms with Crippen molar-refractivity contribution < 1.29 is 13.9 Å². The van der Waals surface area contributed by atoms with Crippen molar-refractivity contribution in [3.63, 3.8) is 0 Å². The summed E-state index contributed by atoms with van der Waals surface area (Å²) in [7, 11) is 0. The summed E-state index contributed by atoms with van der Waals surface area (Å²) in [5.74, 6) is -3.16. The monoisotopic (exact) mass is 257 g/mol. The van der Waals surface area contributed by atoms with Gasteiger partial charge in [-0.2, -0.15) is 0 Å². The maximum absolute atomic E-state index is 13.7. The van der Waals surface area contributed by atoms with Crippen LogP contribution in [0.1, 0.15) is 12.0 Å². The fourth-order valence-electron chi connectivity index (χ4n) is 1.62. The molecular weight excluding hydrogens is 248 g/mol. The van der Waals surface area contributed by atoms with Crippen LogP contribution in [0, 0.1) is 0 Å². The van der Waals surface area contributed by atoms with Gasteiger partial charge in [-0.25, -0.2) is 13.8 Å². The second-order valence-corrected chi connectivity index (χ2v) is 4.06. The van der Waals surface area contributed by atoms with Crippen LogP contribution in [-0.4, -0.2) is 16.7 Å². The third-order valence-corrected chi connectivity index (χ3v) is 2.79. The molecule has 17 heavy (non-hydrogen) atoms. The number of halogens is 3. The van der Waals surface area contributed by atoms with Gasteiger partial charge in [-0.15, -0.1) is 0 Å². The topological polar surface area (TPSA) is 33.1 Å². The lowest BCUT2D eigenvalue weighted by Crippen LogP contribution is -2.16. The molecule has 0 aliphatic carbocycles. The Morgan fingerprint density at radius 2 is 2.00 bits per heavy atom. The van der Waals surface area contributed by atoms with Crippen LogP contribution < -0.4 is 0 Å². The molecule has 90 valence electrons. The Hall–Kier alpha value is -1.26. The first kappa shape index (κ1) is 12.2. The van der Waals surface area contributed by atoms with Crippen LogP contribution in [0.15, 0.2) is 30.3 Å². The molecule has 0 spiro atoms. The predicted octanol–water partition coefficient (Wildman–Crippen LogP) is 3.36. The fraction of sp³-hybridized carbons (Fsp3) is 0.250. The highest BCUT2D eigenvalue weighted by molar-refractivity contribution is 6.30. The van der Waals surface area contributed by atoms with Gasteiger partial charge < -0.3 is 5.11 Å². The van der Waals surface area contributed by atoms with Crippen molar-refractivity contribution in [2.45, 2.75) is 12.3 Å². The van der Waals surface area contributed by atoms with Crippen LogP contribution in [0.3, 0.4) is 0 Å². The number of aliphatic hydroxyl groups is 1. The van der Waals surface area contributed by atoms with Crippen LogP contribution in [0.2, 0.25) is 5.15 Å². The van der Waals surface area contributed by atoms with E-state index in [1.807, 2.05) is 0 Å². The van der Waals surface area contributed by atoms with Crippen molar-refractivity contribution in [2.24, 2.45) is 0 Å². The molecule has 0 saturated carbocycles. The maximum atomic E-state index is 13.7. The van der Waals surface area contributed by atoms with Gasteiger partial charge in [-0.3, -0.25) is 0 Å². The van der Waals surface area contributed by atoms with E-state index in [4.69, 9.17) is 16.7 Å². The molecule has 0 amide bonds. The molecule has 2 nitrogen and oxygen atoms in total. The number of fused-ring (bicyclic) bond motifs is 1. The smallest absolute Gasteiger partial charge is 0.278 e. The predicted molar refractivity (Wildman–Crippen MR) is 62.3 cm³/mol. The number of aliphatic hydroxyl groups excluding tert-OH is 1. The third-order valence-electron chi connectivity index (χ3n) is 2.50. The Morgan fingerprint density at radius 1 is 1.29 bits per heavy atom. The number of rotatable bonds is 3. The maximum Gasteiger partial charge on any atom is 0.278 e. The standard InChI is InChI=1S/C12H10ClF2NO/c13-11-9(12(14,15)5-6-17)7-8-3-1-2-4-10(8)16-11/h1-4,7,17H,5-6H2. The summed E-state index contributed by atoms with van der Waals surface area (Å²) in [6.07, 6.45) is -0.660. The lowest BCUT2D eigenvalue weighted by Gasteiger charge is -2.16. The summed E-state index contributed by atoms with van der Waals surface area (Å²) in [5.41, 5.74) is 0.230. The van der Waals surface area contributed by atoms with E-state index >= 15 is 0 Å². The van der Waals surface area contributed by atoms with Crippen molar-refractivity contribution >= 4 is 22.5 Å². The zero-order chi connectivity index (χ0) is 12.5. The summed E-state index contributed by atoms with van der Waals surface area (Å²) < 4.78 is 27.3. The van der Waals surface area contributed by atoms with Crippen LogP contribution >= 0.6 is 11.6 Å². The Kier molecular flexibility index (Phi) is 3.26. The molecule has 0 aliphatic heterocycles. The minimum absolute atomic E-state index is 0.220. The first-order valence-corrected chi connectivity index (χ1v) is 5.47. The van der Waals surface area contributed by atoms with Gasteiger partial charge >= 0.3 is 0 Å². The number of hydrogen-bond acceptors (Lipinski definition) is 2. The molecule has 1 heterocycles. The Labute approximate surface area is 102 Å². The van der Waals surface area contributed by atoms with E-state index in [1.165, 1.54) is 6.07 Å². The molecule has 1 N–H and O–H groups in total. The highest BCUT2D eigenvalue weighted by atomic mass is 35.5. The number of benzene rings is 1. The summed E-state index contributed by atoms with van der Waals surface area (Å²) in [4.78, 5) is 3.93. The molecule has 0 unspecified atom stereocenters. The lowest BCUT2D eigenvalue weighted by atomic mass is 10.1. The summed E-state index contributed by atoms with van der Waals surface area (Å²) in [5, 5.41) is 9.01. The van der Waals surface area contributed by atoms with Gasteiger partial charge in [0.25, 0.3) is 5.92 Å². The Morgan fingerprint density at radius 3 is 2.71 bits per heavy atom. The quantitative estimate of drug-likeness (QED) is 0.856. The second kappa shape index (κ2) is 4.55. The third kappa shape index (κ3) is 2.37. The van der Waals surface area contributed by atoms with E-state index in [2.05, 4.69) is 4.98 Å². The number of aromatic nitrogens is 1. The number of hydrogen-bond donors (Lipinski definition) is 1. The molecule has 0 aliphatic rings. The van der Waals surface area contributed by atoms with E-state index in [9.17, 15) is 8.78 Å². The summed E-state index contributed by atoms with van der Waals surface area (Å²) >= 11 is 5.75. The molecule has 0 saturated heterocycles. The van der Waals surface area contributed by atoms with Gasteiger partial charge in [0.2, 0.25) is 0 Å². The van der Waals surface area contributed by atoms with Gasteiger partial charge in [0, 0.05) is 18.4 Å². The average molecular weight is 258 g/mol. The normalized spacial score (nSPS) is 12.0. The molecule has 0 bridgehead atoms. The second-order valence-electron chi connectivity index (χ2n) is 3.70. The van der Waals surface area contributed by atoms with Gasteiger partial charge in [-0.1, -0.05) is 29.8 Å². The van der Waals surface area contributed by atoms with Crippen LogP contribution in [0.25, 0.3) is 10.9 Å². The molecule has 2 rings (SSSR count). The van der Waals surface area contributed by atoms with Crippen molar-refractivity contribution in [3.8, 4) is 0 Å². The number of alkyl halides is 2. The Bertz CT molecular complexity index is 545. The molecule has 0 radical (unpaired) electrons. The number of para-hydroxylation sites is 1. The van der Waals surface area contributed by atoms with E-state index in [0.717, 1.165) is 0 Å². The first-order chi connectivity index (χ1) is 8.04. The first-order valence-electron chi connectivity index (χ1n) is 5.09. The molecular formula is C12H10ClF2NO. The van der Waals surface area contributed by atoms with Crippen molar-refractivity contribution in [2.75, 3.05) is 6.61 Å². The lowest BCUT2D eigenvalue weighted by molar-refractivity contribution is -0.0269. The Balaban J connectivity index is 2.58. The van der Waals surface area contributed by atoms with Gasteiger partial charge in [-0.05, 0) is 12.1 Å². The van der Waals surface area contributed by atoms with E-state index in [0.29, 0.717) is 10.9 Å². The zero-order valence-corrected chi connectivity index (χ0v) is 9.59. The van der Waals surface area contributed by atoms with Crippen molar-refractivity contribution in [1.82, 2.24) is 4.98 Å².